The summed E-state index contributed by atoms with van der Waals surface area (Å²) in [6.45, 7) is 7.67. The Kier molecular flexibility index (Phi) is 6.13. The van der Waals surface area contributed by atoms with E-state index >= 15 is 0 Å². The number of hydrogen-bond donors (Lipinski definition) is 0. The van der Waals surface area contributed by atoms with Crippen LogP contribution in [0.2, 0.25) is 0 Å². The van der Waals surface area contributed by atoms with Crippen molar-refractivity contribution >= 4 is 39.3 Å². The number of fused-ring (bicyclic) bond motifs is 1. The van der Waals surface area contributed by atoms with E-state index in [2.05, 4.69) is 11.6 Å². The van der Waals surface area contributed by atoms with Gasteiger partial charge < -0.3 is 4.74 Å². The van der Waals surface area contributed by atoms with Crippen LogP contribution in [0, 0.1) is 0 Å². The van der Waals surface area contributed by atoms with Crippen molar-refractivity contribution in [3.05, 3.63) is 58.7 Å². The van der Waals surface area contributed by atoms with E-state index in [9.17, 15) is 9.59 Å². The molecule has 1 aromatic carbocycles. The van der Waals surface area contributed by atoms with Gasteiger partial charge in [0.15, 0.2) is 5.16 Å². The minimum Gasteiger partial charge on any atom is -0.462 e. The Hall–Kier alpha value is -2.38. The summed E-state index contributed by atoms with van der Waals surface area (Å²) in [5.41, 5.74) is 1.73. The largest absolute Gasteiger partial charge is 0.462 e. The third kappa shape index (κ3) is 4.31. The van der Waals surface area contributed by atoms with Crippen molar-refractivity contribution in [1.82, 2.24) is 9.55 Å². The van der Waals surface area contributed by atoms with Crippen molar-refractivity contribution in [3.63, 3.8) is 0 Å². The van der Waals surface area contributed by atoms with Crippen LogP contribution < -0.4 is 5.56 Å². The summed E-state index contributed by atoms with van der Waals surface area (Å²) in [7, 11) is 0. The van der Waals surface area contributed by atoms with Gasteiger partial charge in [-0.3, -0.25) is 14.2 Å². The van der Waals surface area contributed by atoms with Crippen LogP contribution in [-0.4, -0.2) is 27.4 Å². The molecule has 0 aliphatic rings. The molecule has 0 unspecified atom stereocenters. The molecule has 0 amide bonds. The molecule has 0 saturated carbocycles. The standard InChI is InChI=1S/C20H20N2O3S2/c1-4-10-22-19(24)17-15(14-8-6-5-7-9-14)11-26-18(17)21-20(22)27-12-16(23)25-13(2)3/h4-9,11,13H,1,10,12H2,2-3H3. The molecule has 7 heteroatoms. The van der Waals surface area contributed by atoms with E-state index in [1.165, 1.54) is 23.1 Å². The van der Waals surface area contributed by atoms with Crippen LogP contribution in [0.5, 0.6) is 0 Å². The molecule has 0 spiro atoms. The summed E-state index contributed by atoms with van der Waals surface area (Å²) in [4.78, 5) is 30.3. The van der Waals surface area contributed by atoms with Crippen LogP contribution in [0.1, 0.15) is 13.8 Å². The number of thiophene rings is 1. The van der Waals surface area contributed by atoms with E-state index in [-0.39, 0.29) is 23.4 Å². The second kappa shape index (κ2) is 8.54. The second-order valence-corrected chi connectivity index (χ2v) is 7.92. The molecule has 27 heavy (non-hydrogen) atoms. The maximum absolute atomic E-state index is 13.2. The number of thioether (sulfide) groups is 1. The molecule has 0 aliphatic carbocycles. The number of allylic oxidation sites excluding steroid dienone is 1. The highest BCUT2D eigenvalue weighted by molar-refractivity contribution is 7.99. The lowest BCUT2D eigenvalue weighted by atomic mass is 10.1. The first kappa shape index (κ1) is 19.4. The number of ether oxygens (including phenoxy) is 1. The highest BCUT2D eigenvalue weighted by Gasteiger charge is 2.18. The molecule has 0 aliphatic heterocycles. The Morgan fingerprint density at radius 1 is 1.37 bits per heavy atom. The lowest BCUT2D eigenvalue weighted by molar-refractivity contribution is -0.144. The molecule has 140 valence electrons. The van der Waals surface area contributed by atoms with Gasteiger partial charge in [0.25, 0.3) is 5.56 Å². The summed E-state index contributed by atoms with van der Waals surface area (Å²) >= 11 is 2.64. The van der Waals surface area contributed by atoms with Crippen molar-refractivity contribution in [3.8, 4) is 11.1 Å². The van der Waals surface area contributed by atoms with E-state index in [4.69, 9.17) is 4.74 Å². The lowest BCUT2D eigenvalue weighted by Crippen LogP contribution is -2.23. The first-order chi connectivity index (χ1) is 13.0. The van der Waals surface area contributed by atoms with Gasteiger partial charge in [-0.1, -0.05) is 48.2 Å². The Balaban J connectivity index is 2.03. The predicted octanol–water partition coefficient (Wildman–Crippen LogP) is 4.35. The Morgan fingerprint density at radius 3 is 2.78 bits per heavy atom. The van der Waals surface area contributed by atoms with E-state index in [0.29, 0.717) is 21.9 Å². The van der Waals surface area contributed by atoms with Crippen LogP contribution in [0.3, 0.4) is 0 Å². The summed E-state index contributed by atoms with van der Waals surface area (Å²) in [6, 6.07) is 9.78. The van der Waals surface area contributed by atoms with Crippen LogP contribution in [0.25, 0.3) is 21.3 Å². The zero-order chi connectivity index (χ0) is 19.4. The Labute approximate surface area is 165 Å². The summed E-state index contributed by atoms with van der Waals surface area (Å²) < 4.78 is 6.72. The molecule has 0 bridgehead atoms. The smallest absolute Gasteiger partial charge is 0.316 e. The van der Waals surface area contributed by atoms with Crippen molar-refractivity contribution in [2.45, 2.75) is 31.7 Å². The van der Waals surface area contributed by atoms with Crippen molar-refractivity contribution in [2.75, 3.05) is 5.75 Å². The number of hydrogen-bond acceptors (Lipinski definition) is 6. The molecule has 0 N–H and O–H groups in total. The Morgan fingerprint density at radius 2 is 2.11 bits per heavy atom. The molecule has 0 fully saturated rings. The molecule has 0 saturated heterocycles. The molecule has 2 aromatic heterocycles. The van der Waals surface area contributed by atoms with E-state index < -0.39 is 0 Å². The van der Waals surface area contributed by atoms with Gasteiger partial charge in [-0.05, 0) is 19.4 Å². The molecule has 5 nitrogen and oxygen atoms in total. The molecular formula is C20H20N2O3S2. The number of nitrogens with zero attached hydrogens (tertiary/aromatic N) is 2. The van der Waals surface area contributed by atoms with E-state index in [0.717, 1.165) is 11.1 Å². The first-order valence-corrected chi connectivity index (χ1v) is 10.4. The molecule has 3 aromatic rings. The van der Waals surface area contributed by atoms with Crippen molar-refractivity contribution in [2.24, 2.45) is 0 Å². The zero-order valence-electron chi connectivity index (χ0n) is 15.2. The third-order valence-corrected chi connectivity index (χ3v) is 5.56. The highest BCUT2D eigenvalue weighted by atomic mass is 32.2. The van der Waals surface area contributed by atoms with Gasteiger partial charge in [0.05, 0.1) is 17.2 Å². The van der Waals surface area contributed by atoms with E-state index in [1.54, 1.807) is 24.5 Å². The van der Waals surface area contributed by atoms with Crippen LogP contribution >= 0.6 is 23.1 Å². The molecule has 2 heterocycles. The summed E-state index contributed by atoms with van der Waals surface area (Å²) in [5, 5.41) is 3.05. The van der Waals surface area contributed by atoms with Crippen LogP contribution in [-0.2, 0) is 16.1 Å². The van der Waals surface area contributed by atoms with Gasteiger partial charge >= 0.3 is 5.97 Å². The average molecular weight is 401 g/mol. The fraction of sp³-hybridized carbons (Fsp3) is 0.250. The molecular weight excluding hydrogens is 380 g/mol. The predicted molar refractivity (Wildman–Crippen MR) is 111 cm³/mol. The minimum atomic E-state index is -0.328. The monoisotopic (exact) mass is 400 g/mol. The molecule has 0 atom stereocenters. The Bertz CT molecular complexity index is 1020. The van der Waals surface area contributed by atoms with Gasteiger partial charge in [0, 0.05) is 17.5 Å². The molecule has 3 rings (SSSR count). The van der Waals surface area contributed by atoms with Gasteiger partial charge in [-0.25, -0.2) is 4.98 Å². The van der Waals surface area contributed by atoms with Crippen LogP contribution in [0.4, 0.5) is 0 Å². The number of carbonyl (C=O) groups is 1. The highest BCUT2D eigenvalue weighted by Crippen LogP contribution is 2.32. The van der Waals surface area contributed by atoms with Gasteiger partial charge in [-0.15, -0.1) is 17.9 Å². The fourth-order valence-electron chi connectivity index (χ4n) is 2.66. The van der Waals surface area contributed by atoms with Gasteiger partial charge in [-0.2, -0.15) is 0 Å². The van der Waals surface area contributed by atoms with Crippen molar-refractivity contribution in [1.29, 1.82) is 0 Å². The maximum Gasteiger partial charge on any atom is 0.316 e. The topological polar surface area (TPSA) is 61.2 Å². The lowest BCUT2D eigenvalue weighted by Gasteiger charge is -2.11. The van der Waals surface area contributed by atoms with Gasteiger partial charge in [0.2, 0.25) is 0 Å². The summed E-state index contributed by atoms with van der Waals surface area (Å²) in [6.07, 6.45) is 1.48. The number of esters is 1. The maximum atomic E-state index is 13.2. The quantitative estimate of drug-likeness (QED) is 0.255. The number of benzene rings is 1. The van der Waals surface area contributed by atoms with Gasteiger partial charge in [0.1, 0.15) is 4.83 Å². The second-order valence-electron chi connectivity index (χ2n) is 6.12. The average Bonchev–Trinajstić information content (AvgIpc) is 3.07. The SMILES string of the molecule is C=CCn1c(SCC(=O)OC(C)C)nc2scc(-c3ccccc3)c2c1=O. The number of carbonyl (C=O) groups excluding carboxylic acids is 1. The summed E-state index contributed by atoms with van der Waals surface area (Å²) in [5.74, 6) is -0.227. The molecule has 0 radical (unpaired) electrons. The zero-order valence-corrected chi connectivity index (χ0v) is 16.8. The number of aromatic nitrogens is 2. The fourth-order valence-corrected chi connectivity index (χ4v) is 4.44. The number of rotatable bonds is 7. The van der Waals surface area contributed by atoms with Crippen molar-refractivity contribution < 1.29 is 9.53 Å². The normalized spacial score (nSPS) is 11.1. The third-order valence-electron chi connectivity index (χ3n) is 3.74. The minimum absolute atomic E-state index is 0.101. The van der Waals surface area contributed by atoms with E-state index in [1.807, 2.05) is 35.7 Å². The van der Waals surface area contributed by atoms with Crippen LogP contribution in [0.15, 0.2) is 58.3 Å². The first-order valence-electron chi connectivity index (χ1n) is 8.52.